The van der Waals surface area contributed by atoms with E-state index in [4.69, 9.17) is 69.6 Å². The number of hydroxylamine groups is 2. The number of carbonyl (C=O) groups is 3. The highest BCUT2D eigenvalue weighted by Crippen LogP contribution is 2.77. The first-order valence-corrected chi connectivity index (χ1v) is 8.09. The van der Waals surface area contributed by atoms with Gasteiger partial charge in [-0.3, -0.25) is 9.59 Å². The Morgan fingerprint density at radius 3 is 1.68 bits per heavy atom. The summed E-state index contributed by atoms with van der Waals surface area (Å²) in [5.74, 6) is -5.28. The Morgan fingerprint density at radius 2 is 1.36 bits per heavy atom. The molecule has 0 spiro atoms. The lowest BCUT2D eigenvalue weighted by molar-refractivity contribution is -0.197. The monoisotopic (exact) mass is 425 g/mol. The number of amides is 2. The lowest BCUT2D eigenvalue weighted by Gasteiger charge is -2.34. The number of nitrogens with zero attached hydrogens (tertiary/aromatic N) is 1. The molecule has 11 heteroatoms. The number of allylic oxidation sites excluding steroid dienone is 2. The van der Waals surface area contributed by atoms with Gasteiger partial charge >= 0.3 is 5.97 Å². The number of halogens is 6. The zero-order valence-corrected chi connectivity index (χ0v) is 15.0. The third-order valence-corrected chi connectivity index (χ3v) is 8.35. The smallest absolute Gasteiger partial charge is 0.330 e. The van der Waals surface area contributed by atoms with Crippen molar-refractivity contribution in [3.8, 4) is 0 Å². The van der Waals surface area contributed by atoms with Crippen LogP contribution in [0, 0.1) is 11.8 Å². The number of fused-ring (bicyclic) bond motifs is 5. The molecule has 0 radical (unpaired) electrons. The molecule has 3 aliphatic rings. The quantitative estimate of drug-likeness (QED) is 0.477. The summed E-state index contributed by atoms with van der Waals surface area (Å²) in [5, 5.41) is -0.111. The largest absolute Gasteiger partial charge is 0.331 e. The van der Waals surface area contributed by atoms with Crippen molar-refractivity contribution in [1.29, 1.82) is 0 Å². The van der Waals surface area contributed by atoms with Gasteiger partial charge in [0, 0.05) is 6.92 Å². The molecule has 0 aromatic rings. The van der Waals surface area contributed by atoms with Crippen LogP contribution in [0.25, 0.3) is 0 Å². The van der Waals surface area contributed by atoms with E-state index in [1.807, 2.05) is 0 Å². The van der Waals surface area contributed by atoms with Crippen LogP contribution in [-0.2, 0) is 19.2 Å². The summed E-state index contributed by atoms with van der Waals surface area (Å²) < 4.78 is -2.00. The Hall–Kier alpha value is 0.0900. The molecule has 0 aromatic heterocycles. The van der Waals surface area contributed by atoms with Crippen molar-refractivity contribution in [2.75, 3.05) is 0 Å². The molecule has 2 bridgehead atoms. The second-order valence-electron chi connectivity index (χ2n) is 5.13. The van der Waals surface area contributed by atoms with Gasteiger partial charge in [0.25, 0.3) is 11.8 Å². The molecule has 4 atom stereocenters. The molecule has 1 saturated carbocycles. The fourth-order valence-electron chi connectivity index (χ4n) is 3.19. The van der Waals surface area contributed by atoms with Gasteiger partial charge in [-0.15, -0.1) is 28.3 Å². The number of rotatable bonds is 1. The summed E-state index contributed by atoms with van der Waals surface area (Å²) in [6.07, 6.45) is 0. The molecule has 2 amide bonds. The fourth-order valence-corrected chi connectivity index (χ4v) is 6.12. The number of hydrogen-bond donors (Lipinski definition) is 0. The molecule has 2 aliphatic carbocycles. The minimum Gasteiger partial charge on any atom is -0.331 e. The summed E-state index contributed by atoms with van der Waals surface area (Å²) in [7, 11) is 0. The molecule has 0 unspecified atom stereocenters. The molecule has 0 aromatic carbocycles. The molecule has 5 nitrogen and oxygen atoms in total. The topological polar surface area (TPSA) is 63.7 Å². The van der Waals surface area contributed by atoms with Crippen molar-refractivity contribution < 1.29 is 19.2 Å². The summed E-state index contributed by atoms with van der Waals surface area (Å²) in [6, 6.07) is 0. The van der Waals surface area contributed by atoms with Crippen molar-refractivity contribution in [2.45, 2.75) is 21.0 Å². The molecular weight excluding hydrogens is 423 g/mol. The summed E-state index contributed by atoms with van der Waals surface area (Å²) >= 11 is 37.5. The molecule has 120 valence electrons. The van der Waals surface area contributed by atoms with Gasteiger partial charge in [-0.1, -0.05) is 46.4 Å². The molecule has 22 heavy (non-hydrogen) atoms. The van der Waals surface area contributed by atoms with Gasteiger partial charge in [0.1, 0.15) is 9.75 Å². The van der Waals surface area contributed by atoms with Crippen LogP contribution in [0.1, 0.15) is 6.92 Å². The van der Waals surface area contributed by atoms with Crippen LogP contribution in [0.2, 0.25) is 0 Å². The van der Waals surface area contributed by atoms with Crippen LogP contribution in [0.5, 0.6) is 0 Å². The minimum absolute atomic E-state index is 0.206. The van der Waals surface area contributed by atoms with Crippen LogP contribution in [0.4, 0.5) is 0 Å². The molecule has 3 rings (SSSR count). The summed E-state index contributed by atoms with van der Waals surface area (Å²) in [4.78, 5) is 36.8. The molecule has 1 saturated heterocycles. The van der Waals surface area contributed by atoms with E-state index in [1.165, 1.54) is 0 Å². The van der Waals surface area contributed by atoms with Gasteiger partial charge in [-0.05, 0) is 0 Å². The van der Waals surface area contributed by atoms with Gasteiger partial charge in [0.15, 0.2) is 4.33 Å². The van der Waals surface area contributed by atoms with Gasteiger partial charge in [0.2, 0.25) is 0 Å². The molecule has 0 N–H and O–H groups in total. The van der Waals surface area contributed by atoms with E-state index in [0.717, 1.165) is 6.92 Å². The Labute approximate surface area is 154 Å². The van der Waals surface area contributed by atoms with E-state index in [2.05, 4.69) is 4.84 Å². The van der Waals surface area contributed by atoms with E-state index in [0.29, 0.717) is 5.06 Å². The van der Waals surface area contributed by atoms with E-state index in [1.54, 1.807) is 0 Å². The highest BCUT2D eigenvalue weighted by atomic mass is 35.5. The summed E-state index contributed by atoms with van der Waals surface area (Å²) in [6.45, 7) is 1.03. The maximum absolute atomic E-state index is 12.5. The predicted molar refractivity (Wildman–Crippen MR) is 80.9 cm³/mol. The van der Waals surface area contributed by atoms with Crippen LogP contribution < -0.4 is 0 Å². The normalized spacial score (nSPS) is 42.2. The van der Waals surface area contributed by atoms with E-state index in [-0.39, 0.29) is 10.1 Å². The Morgan fingerprint density at radius 1 is 1.00 bits per heavy atom. The van der Waals surface area contributed by atoms with Crippen molar-refractivity contribution in [3.63, 3.8) is 0 Å². The Kier molecular flexibility index (Phi) is 3.53. The number of hydrogen-bond acceptors (Lipinski definition) is 4. The minimum atomic E-state index is -2.00. The average molecular weight is 428 g/mol. The van der Waals surface area contributed by atoms with Gasteiger partial charge < -0.3 is 4.84 Å². The van der Waals surface area contributed by atoms with Crippen LogP contribution in [-0.4, -0.2) is 36.9 Å². The zero-order chi connectivity index (χ0) is 16.8. The van der Waals surface area contributed by atoms with E-state index >= 15 is 0 Å². The molecule has 1 aliphatic heterocycles. The lowest BCUT2D eigenvalue weighted by atomic mass is 9.84. The second kappa shape index (κ2) is 4.58. The van der Waals surface area contributed by atoms with Crippen molar-refractivity contribution in [1.82, 2.24) is 5.06 Å². The SMILES string of the molecule is CC(=O)ON1C(=O)[C@@H]2[C@@H](C1=O)[C@]1(Cl)C(Cl)=C(Cl)[C@]2(Cl)C1(Cl)Cl. The van der Waals surface area contributed by atoms with Gasteiger partial charge in [-0.25, -0.2) is 4.79 Å². The first-order valence-electron chi connectivity index (χ1n) is 5.82. The number of alkyl halides is 4. The third kappa shape index (κ3) is 1.49. The highest BCUT2D eigenvalue weighted by molar-refractivity contribution is 6.66. The maximum atomic E-state index is 12.5. The second-order valence-corrected chi connectivity index (χ2v) is 8.41. The van der Waals surface area contributed by atoms with E-state index < -0.39 is 43.7 Å². The molecule has 1 heterocycles. The Balaban J connectivity index is 2.21. The fraction of sp³-hybridized carbons (Fsp3) is 0.545. The highest BCUT2D eigenvalue weighted by Gasteiger charge is 2.88. The molecule has 2 fully saturated rings. The average Bonchev–Trinajstić information content (AvgIpc) is 2.78. The van der Waals surface area contributed by atoms with E-state index in [9.17, 15) is 14.4 Å². The third-order valence-electron chi connectivity index (χ3n) is 4.09. The zero-order valence-electron chi connectivity index (χ0n) is 10.5. The standard InChI is InChI=1S/C11H5Cl6NO4/c1-2(19)22-18-7(20)3-4(8(18)21)10(15)6(13)5(12)9(3,14)11(10,16)17/h3-4H,1H3/t3-,4-,9-,10-/m0/s1. The number of imide groups is 1. The first-order chi connectivity index (χ1) is 9.94. The van der Waals surface area contributed by atoms with Crippen LogP contribution in [0.15, 0.2) is 10.1 Å². The number of carbonyl (C=O) groups excluding carboxylic acids is 3. The lowest BCUT2D eigenvalue weighted by Crippen LogP contribution is -2.50. The molecular formula is C11H5Cl6NO4. The van der Waals surface area contributed by atoms with Gasteiger partial charge in [0.05, 0.1) is 21.9 Å². The van der Waals surface area contributed by atoms with Crippen molar-refractivity contribution >= 4 is 87.4 Å². The Bertz CT molecular complexity index is 631. The van der Waals surface area contributed by atoms with Gasteiger partial charge in [-0.2, -0.15) is 0 Å². The van der Waals surface area contributed by atoms with Crippen LogP contribution in [0.3, 0.4) is 0 Å². The van der Waals surface area contributed by atoms with Crippen LogP contribution >= 0.6 is 69.6 Å². The van der Waals surface area contributed by atoms with Crippen molar-refractivity contribution in [3.05, 3.63) is 10.1 Å². The predicted octanol–water partition coefficient (Wildman–Crippen LogP) is 2.91. The first kappa shape index (κ1) is 16.9. The van der Waals surface area contributed by atoms with Crippen molar-refractivity contribution in [2.24, 2.45) is 11.8 Å². The summed E-state index contributed by atoms with van der Waals surface area (Å²) in [5.41, 5.74) is 0. The maximum Gasteiger partial charge on any atom is 0.330 e.